The van der Waals surface area contributed by atoms with Crippen LogP contribution in [0.2, 0.25) is 0 Å². The van der Waals surface area contributed by atoms with Crippen LogP contribution >= 0.6 is 11.8 Å². The molecule has 3 nitrogen and oxygen atoms in total. The number of ether oxygens (including phenoxy) is 2. The molecule has 1 aromatic rings. The predicted octanol–water partition coefficient (Wildman–Crippen LogP) is 3.64. The Morgan fingerprint density at radius 1 is 1.45 bits per heavy atom. The third kappa shape index (κ3) is 3.83. The monoisotopic (exact) mass is 295 g/mol. The fourth-order valence-corrected chi connectivity index (χ4v) is 2.84. The van der Waals surface area contributed by atoms with E-state index < -0.39 is 0 Å². The van der Waals surface area contributed by atoms with E-state index in [2.05, 4.69) is 38.4 Å². The quantitative estimate of drug-likeness (QED) is 0.812. The highest BCUT2D eigenvalue weighted by Gasteiger charge is 2.33. The van der Waals surface area contributed by atoms with Crippen molar-refractivity contribution in [2.75, 3.05) is 25.2 Å². The Hall–Kier alpha value is -0.870. The minimum absolute atomic E-state index is 0.141. The van der Waals surface area contributed by atoms with Gasteiger partial charge in [0.05, 0.1) is 6.61 Å². The molecule has 1 aliphatic rings. The minimum atomic E-state index is -0.141. The van der Waals surface area contributed by atoms with E-state index in [0.29, 0.717) is 6.04 Å². The Morgan fingerprint density at radius 3 is 2.95 bits per heavy atom. The topological polar surface area (TPSA) is 30.5 Å². The molecule has 1 atom stereocenters. The second-order valence-corrected chi connectivity index (χ2v) is 6.70. The maximum atomic E-state index is 6.12. The van der Waals surface area contributed by atoms with Gasteiger partial charge in [0.1, 0.15) is 17.1 Å². The second kappa shape index (κ2) is 6.72. The second-order valence-electron chi connectivity index (χ2n) is 5.72. The molecule has 0 saturated heterocycles. The molecular formula is C16H25NO2S. The van der Waals surface area contributed by atoms with E-state index in [1.54, 1.807) is 11.8 Å². The van der Waals surface area contributed by atoms with Crippen molar-refractivity contribution < 1.29 is 9.47 Å². The summed E-state index contributed by atoms with van der Waals surface area (Å²) in [6, 6.07) is 6.57. The average Bonchev–Trinajstić information content (AvgIpc) is 2.37. The van der Waals surface area contributed by atoms with Crippen LogP contribution < -0.4 is 14.8 Å². The van der Waals surface area contributed by atoms with E-state index in [4.69, 9.17) is 9.47 Å². The van der Waals surface area contributed by atoms with Gasteiger partial charge in [0.25, 0.3) is 0 Å². The molecule has 1 N–H and O–H groups in total. The molecule has 20 heavy (non-hydrogen) atoms. The minimum Gasteiger partial charge on any atom is -0.493 e. The molecule has 0 bridgehead atoms. The van der Waals surface area contributed by atoms with Gasteiger partial charge < -0.3 is 14.8 Å². The SMILES string of the molecule is CCNC1CC(C)(C)Oc2cc(OCCSC)ccc21. The summed E-state index contributed by atoms with van der Waals surface area (Å²) in [5.74, 6) is 2.85. The summed E-state index contributed by atoms with van der Waals surface area (Å²) >= 11 is 1.79. The van der Waals surface area contributed by atoms with Crippen molar-refractivity contribution in [1.82, 2.24) is 5.32 Å². The summed E-state index contributed by atoms with van der Waals surface area (Å²) in [5.41, 5.74) is 1.10. The molecular weight excluding hydrogens is 270 g/mol. The average molecular weight is 295 g/mol. The summed E-state index contributed by atoms with van der Waals surface area (Å²) < 4.78 is 11.9. The molecule has 1 aliphatic heterocycles. The number of benzene rings is 1. The van der Waals surface area contributed by atoms with Crippen molar-refractivity contribution in [1.29, 1.82) is 0 Å². The molecule has 2 rings (SSSR count). The molecule has 4 heteroatoms. The lowest BCUT2D eigenvalue weighted by Gasteiger charge is -2.38. The molecule has 112 valence electrons. The number of thioether (sulfide) groups is 1. The first-order valence-corrected chi connectivity index (χ1v) is 8.63. The number of hydrogen-bond acceptors (Lipinski definition) is 4. The van der Waals surface area contributed by atoms with Gasteiger partial charge in [0.15, 0.2) is 0 Å². The fraction of sp³-hybridized carbons (Fsp3) is 0.625. The van der Waals surface area contributed by atoms with Gasteiger partial charge in [-0.15, -0.1) is 0 Å². The highest BCUT2D eigenvalue weighted by molar-refractivity contribution is 7.98. The van der Waals surface area contributed by atoms with E-state index in [1.807, 2.05) is 12.1 Å². The van der Waals surface area contributed by atoms with Gasteiger partial charge in [-0.2, -0.15) is 11.8 Å². The molecule has 0 radical (unpaired) electrons. The number of nitrogens with one attached hydrogen (secondary N) is 1. The van der Waals surface area contributed by atoms with Crippen molar-refractivity contribution in [3.63, 3.8) is 0 Å². The van der Waals surface area contributed by atoms with E-state index in [0.717, 1.165) is 36.8 Å². The van der Waals surface area contributed by atoms with Gasteiger partial charge in [-0.3, -0.25) is 0 Å². The molecule has 0 spiro atoms. The Balaban J connectivity index is 2.18. The summed E-state index contributed by atoms with van der Waals surface area (Å²) in [7, 11) is 0. The Kier molecular flexibility index (Phi) is 5.22. The maximum absolute atomic E-state index is 6.12. The lowest BCUT2D eigenvalue weighted by Crippen LogP contribution is -2.39. The van der Waals surface area contributed by atoms with Crippen LogP contribution in [0.3, 0.4) is 0 Å². The molecule has 0 aromatic heterocycles. The zero-order chi connectivity index (χ0) is 14.6. The van der Waals surface area contributed by atoms with Crippen LogP contribution in [0.4, 0.5) is 0 Å². The first-order chi connectivity index (χ1) is 9.55. The van der Waals surface area contributed by atoms with Gasteiger partial charge in [-0.25, -0.2) is 0 Å². The van der Waals surface area contributed by atoms with Crippen LogP contribution in [0, 0.1) is 0 Å². The summed E-state index contributed by atoms with van der Waals surface area (Å²) in [5, 5.41) is 3.54. The molecule has 0 aliphatic carbocycles. The molecule has 0 saturated carbocycles. The maximum Gasteiger partial charge on any atom is 0.128 e. The van der Waals surface area contributed by atoms with Gasteiger partial charge in [-0.05, 0) is 32.7 Å². The Labute approximate surface area is 126 Å². The van der Waals surface area contributed by atoms with Gasteiger partial charge >= 0.3 is 0 Å². The molecule has 1 unspecified atom stereocenters. The first kappa shape index (κ1) is 15.5. The first-order valence-electron chi connectivity index (χ1n) is 7.24. The molecule has 1 heterocycles. The molecule has 0 amide bonds. The zero-order valence-electron chi connectivity index (χ0n) is 12.9. The van der Waals surface area contributed by atoms with Crippen LogP contribution in [0.5, 0.6) is 11.5 Å². The lowest BCUT2D eigenvalue weighted by atomic mass is 9.89. The van der Waals surface area contributed by atoms with Crippen molar-refractivity contribution >= 4 is 11.8 Å². The van der Waals surface area contributed by atoms with Gasteiger partial charge in [0.2, 0.25) is 0 Å². The van der Waals surface area contributed by atoms with E-state index >= 15 is 0 Å². The van der Waals surface area contributed by atoms with E-state index in [1.165, 1.54) is 5.56 Å². The van der Waals surface area contributed by atoms with Gasteiger partial charge in [-0.1, -0.05) is 13.0 Å². The number of fused-ring (bicyclic) bond motifs is 1. The molecule has 0 fully saturated rings. The Bertz CT molecular complexity index is 448. The third-order valence-corrected chi connectivity index (χ3v) is 4.02. The van der Waals surface area contributed by atoms with Crippen molar-refractivity contribution in [2.24, 2.45) is 0 Å². The molecule has 1 aromatic carbocycles. The summed E-state index contributed by atoms with van der Waals surface area (Å²) in [6.07, 6.45) is 3.07. The standard InChI is InChI=1S/C16H25NO2S/c1-5-17-14-11-16(2,3)19-15-10-12(6-7-13(14)15)18-8-9-20-4/h6-7,10,14,17H,5,8-9,11H2,1-4H3. The third-order valence-electron chi connectivity index (χ3n) is 3.45. The summed E-state index contributed by atoms with van der Waals surface area (Å²) in [6.45, 7) is 8.12. The number of hydrogen-bond donors (Lipinski definition) is 1. The normalized spacial score (nSPS) is 20.1. The zero-order valence-corrected chi connectivity index (χ0v) is 13.7. The van der Waals surface area contributed by atoms with Crippen LogP contribution in [0.1, 0.15) is 38.8 Å². The Morgan fingerprint density at radius 2 is 2.25 bits per heavy atom. The van der Waals surface area contributed by atoms with Gasteiger partial charge in [0, 0.05) is 29.8 Å². The van der Waals surface area contributed by atoms with Crippen LogP contribution in [0.15, 0.2) is 18.2 Å². The highest BCUT2D eigenvalue weighted by Crippen LogP contribution is 2.41. The lowest BCUT2D eigenvalue weighted by molar-refractivity contribution is 0.0660. The van der Waals surface area contributed by atoms with Crippen LogP contribution in [-0.2, 0) is 0 Å². The van der Waals surface area contributed by atoms with E-state index in [-0.39, 0.29) is 5.60 Å². The van der Waals surface area contributed by atoms with Crippen LogP contribution in [-0.4, -0.2) is 30.8 Å². The van der Waals surface area contributed by atoms with Crippen molar-refractivity contribution in [3.8, 4) is 11.5 Å². The van der Waals surface area contributed by atoms with E-state index in [9.17, 15) is 0 Å². The fourth-order valence-electron chi connectivity index (χ4n) is 2.59. The summed E-state index contributed by atoms with van der Waals surface area (Å²) in [4.78, 5) is 0. The van der Waals surface area contributed by atoms with Crippen LogP contribution in [0.25, 0.3) is 0 Å². The van der Waals surface area contributed by atoms with Crippen molar-refractivity contribution in [3.05, 3.63) is 23.8 Å². The number of rotatable bonds is 6. The largest absolute Gasteiger partial charge is 0.493 e. The van der Waals surface area contributed by atoms with Crippen molar-refractivity contribution in [2.45, 2.75) is 38.8 Å². The highest BCUT2D eigenvalue weighted by atomic mass is 32.2. The predicted molar refractivity (Wildman–Crippen MR) is 86.1 cm³/mol. The smallest absolute Gasteiger partial charge is 0.128 e.